The number of ether oxygens (including phenoxy) is 1. The van der Waals surface area contributed by atoms with Crippen molar-refractivity contribution < 1.29 is 4.74 Å². The van der Waals surface area contributed by atoms with Crippen LogP contribution >= 0.6 is 0 Å². The maximum absolute atomic E-state index is 5.80. The van der Waals surface area contributed by atoms with Crippen LogP contribution in [0.5, 0.6) is 5.88 Å². The molecular weight excluding hydrogens is 224 g/mol. The van der Waals surface area contributed by atoms with Gasteiger partial charge in [0.15, 0.2) is 0 Å². The van der Waals surface area contributed by atoms with E-state index in [1.54, 1.807) is 0 Å². The van der Waals surface area contributed by atoms with E-state index in [2.05, 4.69) is 30.2 Å². The van der Waals surface area contributed by atoms with Gasteiger partial charge < -0.3 is 10.1 Å². The molecular formula is C15H24N2O. The number of aromatic nitrogens is 1. The molecule has 0 aliphatic heterocycles. The van der Waals surface area contributed by atoms with Crippen LogP contribution in [-0.2, 0) is 6.54 Å². The molecule has 0 aromatic carbocycles. The van der Waals surface area contributed by atoms with Gasteiger partial charge in [-0.2, -0.15) is 0 Å². The van der Waals surface area contributed by atoms with Crippen LogP contribution in [-0.4, -0.2) is 18.1 Å². The average Bonchev–Trinajstić information content (AvgIpc) is 2.88. The van der Waals surface area contributed by atoms with Crippen molar-refractivity contribution in [1.82, 2.24) is 10.3 Å². The van der Waals surface area contributed by atoms with Crippen molar-refractivity contribution in [2.24, 2.45) is 5.92 Å². The highest BCUT2D eigenvalue weighted by Crippen LogP contribution is 2.25. The second kappa shape index (κ2) is 6.74. The highest BCUT2D eigenvalue weighted by molar-refractivity contribution is 5.24. The number of pyridine rings is 1. The van der Waals surface area contributed by atoms with E-state index in [4.69, 9.17) is 4.74 Å². The van der Waals surface area contributed by atoms with E-state index in [-0.39, 0.29) is 0 Å². The molecule has 1 aromatic rings. The zero-order chi connectivity index (χ0) is 12.8. The van der Waals surface area contributed by atoms with Crippen molar-refractivity contribution in [3.8, 4) is 5.88 Å². The van der Waals surface area contributed by atoms with Gasteiger partial charge in [-0.3, -0.25) is 0 Å². The second-order valence-corrected chi connectivity index (χ2v) is 5.14. The normalized spacial score (nSPS) is 16.1. The predicted molar refractivity (Wildman–Crippen MR) is 73.8 cm³/mol. The molecule has 1 aliphatic rings. The second-order valence-electron chi connectivity index (χ2n) is 5.14. The highest BCUT2D eigenvalue weighted by atomic mass is 16.5. The number of hydrogen-bond acceptors (Lipinski definition) is 3. The standard InChI is InChI=1S/C15H24N2O/c1-3-16-10-14-8-9-15(17-12(14)2)18-11-13-6-4-5-7-13/h8-9,13,16H,3-7,10-11H2,1-2H3. The fourth-order valence-corrected chi connectivity index (χ4v) is 2.47. The first-order chi connectivity index (χ1) is 8.79. The zero-order valence-electron chi connectivity index (χ0n) is 11.5. The minimum Gasteiger partial charge on any atom is -0.477 e. The smallest absolute Gasteiger partial charge is 0.213 e. The third-order valence-electron chi connectivity index (χ3n) is 3.68. The van der Waals surface area contributed by atoms with Crippen LogP contribution in [0.3, 0.4) is 0 Å². The molecule has 0 atom stereocenters. The van der Waals surface area contributed by atoms with Crippen molar-refractivity contribution >= 4 is 0 Å². The van der Waals surface area contributed by atoms with Crippen LogP contribution < -0.4 is 10.1 Å². The Labute approximate surface area is 110 Å². The molecule has 1 N–H and O–H groups in total. The molecule has 0 bridgehead atoms. The average molecular weight is 248 g/mol. The molecule has 0 amide bonds. The Morgan fingerprint density at radius 2 is 2.11 bits per heavy atom. The van der Waals surface area contributed by atoms with E-state index < -0.39 is 0 Å². The van der Waals surface area contributed by atoms with Gasteiger partial charge in [-0.15, -0.1) is 0 Å². The molecule has 100 valence electrons. The van der Waals surface area contributed by atoms with Gasteiger partial charge in [-0.1, -0.05) is 25.8 Å². The molecule has 1 fully saturated rings. The monoisotopic (exact) mass is 248 g/mol. The molecule has 3 heteroatoms. The zero-order valence-corrected chi connectivity index (χ0v) is 11.5. The fourth-order valence-electron chi connectivity index (χ4n) is 2.47. The minimum absolute atomic E-state index is 0.744. The summed E-state index contributed by atoms with van der Waals surface area (Å²) < 4.78 is 5.80. The molecule has 18 heavy (non-hydrogen) atoms. The fraction of sp³-hybridized carbons (Fsp3) is 0.667. The molecule has 0 radical (unpaired) electrons. The Hall–Kier alpha value is -1.09. The summed E-state index contributed by atoms with van der Waals surface area (Å²) in [5.41, 5.74) is 2.32. The van der Waals surface area contributed by atoms with E-state index in [0.29, 0.717) is 0 Å². The molecule has 0 unspecified atom stereocenters. The first-order valence-corrected chi connectivity index (χ1v) is 7.09. The summed E-state index contributed by atoms with van der Waals surface area (Å²) in [4.78, 5) is 4.52. The van der Waals surface area contributed by atoms with Crippen molar-refractivity contribution in [1.29, 1.82) is 0 Å². The Bertz CT molecular complexity index is 373. The van der Waals surface area contributed by atoms with Crippen LogP contribution in [0.25, 0.3) is 0 Å². The van der Waals surface area contributed by atoms with Crippen LogP contribution in [0, 0.1) is 12.8 Å². The number of nitrogens with one attached hydrogen (secondary N) is 1. The lowest BCUT2D eigenvalue weighted by Gasteiger charge is -2.12. The SMILES string of the molecule is CCNCc1ccc(OCC2CCCC2)nc1C. The Morgan fingerprint density at radius 3 is 2.78 bits per heavy atom. The topological polar surface area (TPSA) is 34.1 Å². The van der Waals surface area contributed by atoms with E-state index in [9.17, 15) is 0 Å². The summed E-state index contributed by atoms with van der Waals surface area (Å²) in [5.74, 6) is 1.52. The summed E-state index contributed by atoms with van der Waals surface area (Å²) >= 11 is 0. The predicted octanol–water partition coefficient (Wildman–Crippen LogP) is 3.07. The van der Waals surface area contributed by atoms with Crippen molar-refractivity contribution in [3.05, 3.63) is 23.4 Å². The molecule has 3 nitrogen and oxygen atoms in total. The van der Waals surface area contributed by atoms with E-state index in [1.165, 1.54) is 31.2 Å². The Balaban J connectivity index is 1.87. The van der Waals surface area contributed by atoms with Gasteiger partial charge in [0.25, 0.3) is 0 Å². The lowest BCUT2D eigenvalue weighted by molar-refractivity contribution is 0.243. The molecule has 0 spiro atoms. The largest absolute Gasteiger partial charge is 0.477 e. The quantitative estimate of drug-likeness (QED) is 0.840. The van der Waals surface area contributed by atoms with Crippen LogP contribution in [0.4, 0.5) is 0 Å². The van der Waals surface area contributed by atoms with Crippen molar-refractivity contribution in [2.75, 3.05) is 13.2 Å². The summed E-state index contributed by atoms with van der Waals surface area (Å²) in [7, 11) is 0. The molecule has 1 aromatic heterocycles. The summed E-state index contributed by atoms with van der Waals surface area (Å²) in [6.07, 6.45) is 5.36. The van der Waals surface area contributed by atoms with Gasteiger partial charge in [0.2, 0.25) is 5.88 Å². The summed E-state index contributed by atoms with van der Waals surface area (Å²) in [6, 6.07) is 4.11. The minimum atomic E-state index is 0.744. The molecule has 2 rings (SSSR count). The van der Waals surface area contributed by atoms with E-state index >= 15 is 0 Å². The lowest BCUT2D eigenvalue weighted by Crippen LogP contribution is -2.14. The summed E-state index contributed by atoms with van der Waals surface area (Å²) in [5, 5.41) is 3.32. The summed E-state index contributed by atoms with van der Waals surface area (Å²) in [6.45, 7) is 6.87. The van der Waals surface area contributed by atoms with E-state index in [0.717, 1.165) is 37.2 Å². The number of hydrogen-bond donors (Lipinski definition) is 1. The number of aryl methyl sites for hydroxylation is 1. The lowest BCUT2D eigenvalue weighted by atomic mass is 10.1. The van der Waals surface area contributed by atoms with E-state index in [1.807, 2.05) is 6.07 Å². The first kappa shape index (κ1) is 13.3. The maximum atomic E-state index is 5.80. The van der Waals surface area contributed by atoms with Gasteiger partial charge in [0.05, 0.1) is 6.61 Å². The number of nitrogens with zero attached hydrogens (tertiary/aromatic N) is 1. The maximum Gasteiger partial charge on any atom is 0.213 e. The molecule has 0 saturated heterocycles. The first-order valence-electron chi connectivity index (χ1n) is 7.09. The van der Waals surface area contributed by atoms with Crippen LogP contribution in [0.1, 0.15) is 43.9 Å². The molecule has 1 saturated carbocycles. The van der Waals surface area contributed by atoms with Crippen molar-refractivity contribution in [2.45, 2.75) is 46.1 Å². The van der Waals surface area contributed by atoms with Gasteiger partial charge in [-0.05, 0) is 37.8 Å². The third-order valence-corrected chi connectivity index (χ3v) is 3.68. The van der Waals surface area contributed by atoms with Crippen LogP contribution in [0.15, 0.2) is 12.1 Å². The molecule has 1 heterocycles. The number of rotatable bonds is 6. The van der Waals surface area contributed by atoms with Gasteiger partial charge in [0, 0.05) is 18.3 Å². The van der Waals surface area contributed by atoms with Gasteiger partial charge >= 0.3 is 0 Å². The highest BCUT2D eigenvalue weighted by Gasteiger charge is 2.15. The molecule has 1 aliphatic carbocycles. The van der Waals surface area contributed by atoms with Gasteiger partial charge in [-0.25, -0.2) is 4.98 Å². The Morgan fingerprint density at radius 1 is 1.33 bits per heavy atom. The Kier molecular flexibility index (Phi) is 5.00. The third kappa shape index (κ3) is 3.70. The van der Waals surface area contributed by atoms with Crippen molar-refractivity contribution in [3.63, 3.8) is 0 Å². The van der Waals surface area contributed by atoms with Crippen LogP contribution in [0.2, 0.25) is 0 Å². The van der Waals surface area contributed by atoms with Gasteiger partial charge in [0.1, 0.15) is 0 Å².